The highest BCUT2D eigenvalue weighted by molar-refractivity contribution is 5.99. The molecule has 6 heteroatoms. The predicted molar refractivity (Wildman–Crippen MR) is 114 cm³/mol. The summed E-state index contributed by atoms with van der Waals surface area (Å²) < 4.78 is 24.1. The van der Waals surface area contributed by atoms with Gasteiger partial charge in [-0.15, -0.1) is 0 Å². The van der Waals surface area contributed by atoms with Gasteiger partial charge in [-0.2, -0.15) is 0 Å². The molecule has 0 bridgehead atoms. The molecule has 0 spiro atoms. The standard InChI is InChI=1S/C25H23FO5/c26-19-13-15-20(16-14-19)30-17-22(27)21-10-4-5-11-23(21)31-24(25(28)29)12-6-9-18-7-2-1-3-8-18/h1-5,7-8,10-11,13-16,24H,6,9,12,17H2,(H,28,29). The van der Waals surface area contributed by atoms with Gasteiger partial charge in [-0.1, -0.05) is 42.5 Å². The van der Waals surface area contributed by atoms with Crippen LogP contribution in [0.1, 0.15) is 28.8 Å². The normalized spacial score (nSPS) is 11.5. The zero-order chi connectivity index (χ0) is 22.1. The van der Waals surface area contributed by atoms with E-state index >= 15 is 0 Å². The number of halogens is 1. The Kier molecular flexibility index (Phi) is 7.76. The fourth-order valence-corrected chi connectivity index (χ4v) is 3.08. The molecule has 0 amide bonds. The molecule has 0 aliphatic heterocycles. The van der Waals surface area contributed by atoms with Crippen LogP contribution in [0, 0.1) is 5.82 Å². The lowest BCUT2D eigenvalue weighted by atomic mass is 10.1. The zero-order valence-corrected chi connectivity index (χ0v) is 16.9. The van der Waals surface area contributed by atoms with E-state index < -0.39 is 17.9 Å². The summed E-state index contributed by atoms with van der Waals surface area (Å²) >= 11 is 0. The van der Waals surface area contributed by atoms with Crippen molar-refractivity contribution < 1.29 is 28.6 Å². The van der Waals surface area contributed by atoms with Gasteiger partial charge in [0.1, 0.15) is 17.3 Å². The Morgan fingerprint density at radius 3 is 2.29 bits per heavy atom. The zero-order valence-electron chi connectivity index (χ0n) is 16.9. The third kappa shape index (κ3) is 6.67. The molecule has 31 heavy (non-hydrogen) atoms. The summed E-state index contributed by atoms with van der Waals surface area (Å²) in [4.78, 5) is 24.3. The summed E-state index contributed by atoms with van der Waals surface area (Å²) in [5, 5.41) is 9.57. The van der Waals surface area contributed by atoms with Crippen LogP contribution in [-0.2, 0) is 11.2 Å². The van der Waals surface area contributed by atoms with Crippen LogP contribution < -0.4 is 9.47 Å². The third-order valence-corrected chi connectivity index (χ3v) is 4.69. The highest BCUT2D eigenvalue weighted by atomic mass is 19.1. The summed E-state index contributed by atoms with van der Waals surface area (Å²) in [6, 6.07) is 21.6. The maximum Gasteiger partial charge on any atom is 0.344 e. The molecular weight excluding hydrogens is 399 g/mol. The molecule has 0 saturated carbocycles. The molecule has 0 aliphatic carbocycles. The minimum atomic E-state index is -1.09. The molecule has 0 saturated heterocycles. The SMILES string of the molecule is O=C(COc1ccc(F)cc1)c1ccccc1OC(CCCc1ccccc1)C(=O)O. The second kappa shape index (κ2) is 10.9. The van der Waals surface area contributed by atoms with E-state index in [2.05, 4.69) is 0 Å². The number of hydrogen-bond donors (Lipinski definition) is 1. The molecule has 3 aromatic rings. The first-order valence-corrected chi connectivity index (χ1v) is 9.97. The van der Waals surface area contributed by atoms with Gasteiger partial charge in [0.15, 0.2) is 12.7 Å². The molecule has 1 unspecified atom stereocenters. The first kappa shape index (κ1) is 22.0. The number of ketones is 1. The number of rotatable bonds is 11. The van der Waals surface area contributed by atoms with Gasteiger partial charge in [0.2, 0.25) is 5.78 Å². The van der Waals surface area contributed by atoms with E-state index in [4.69, 9.17) is 9.47 Å². The molecule has 0 radical (unpaired) electrons. The summed E-state index contributed by atoms with van der Waals surface area (Å²) in [7, 11) is 0. The van der Waals surface area contributed by atoms with Gasteiger partial charge in [-0.3, -0.25) is 4.79 Å². The van der Waals surface area contributed by atoms with Crippen molar-refractivity contribution in [1.29, 1.82) is 0 Å². The van der Waals surface area contributed by atoms with Gasteiger partial charge in [0.25, 0.3) is 0 Å². The van der Waals surface area contributed by atoms with E-state index in [0.29, 0.717) is 18.6 Å². The van der Waals surface area contributed by atoms with Crippen molar-refractivity contribution in [2.24, 2.45) is 0 Å². The summed E-state index contributed by atoms with van der Waals surface area (Å²) in [6.45, 7) is -0.280. The van der Waals surface area contributed by atoms with E-state index in [0.717, 1.165) is 12.0 Å². The Hall–Kier alpha value is -3.67. The number of carbonyl (C=O) groups excluding carboxylic acids is 1. The van der Waals surface area contributed by atoms with E-state index in [1.165, 1.54) is 24.3 Å². The molecule has 5 nitrogen and oxygen atoms in total. The Morgan fingerprint density at radius 2 is 1.58 bits per heavy atom. The molecular formula is C25H23FO5. The van der Waals surface area contributed by atoms with Crippen molar-refractivity contribution in [1.82, 2.24) is 0 Å². The highest BCUT2D eigenvalue weighted by Gasteiger charge is 2.22. The minimum absolute atomic E-state index is 0.197. The molecule has 3 aromatic carbocycles. The number of carboxylic acid groups (broad SMARTS) is 1. The Balaban J connectivity index is 1.62. The van der Waals surface area contributed by atoms with Gasteiger partial charge in [-0.25, -0.2) is 9.18 Å². The lowest BCUT2D eigenvalue weighted by Crippen LogP contribution is -2.28. The molecule has 0 aromatic heterocycles. The number of Topliss-reactive ketones (excluding diaryl/α,β-unsaturated/α-hetero) is 1. The van der Waals surface area contributed by atoms with E-state index in [9.17, 15) is 19.1 Å². The van der Waals surface area contributed by atoms with Crippen LogP contribution in [0.15, 0.2) is 78.9 Å². The van der Waals surface area contributed by atoms with Crippen LogP contribution in [0.4, 0.5) is 4.39 Å². The van der Waals surface area contributed by atoms with E-state index in [-0.39, 0.29) is 23.7 Å². The molecule has 0 aliphatic rings. The molecule has 1 atom stereocenters. The highest BCUT2D eigenvalue weighted by Crippen LogP contribution is 2.22. The lowest BCUT2D eigenvalue weighted by Gasteiger charge is -2.17. The van der Waals surface area contributed by atoms with Crippen molar-refractivity contribution in [3.05, 3.63) is 95.8 Å². The first-order chi connectivity index (χ1) is 15.0. The quantitative estimate of drug-likeness (QED) is 0.443. The monoisotopic (exact) mass is 422 g/mol. The third-order valence-electron chi connectivity index (χ3n) is 4.69. The second-order valence-electron chi connectivity index (χ2n) is 6.98. The Bertz CT molecular complexity index is 1000. The van der Waals surface area contributed by atoms with Crippen LogP contribution >= 0.6 is 0 Å². The number of carboxylic acids is 1. The predicted octanol–water partition coefficient (Wildman–Crippen LogP) is 4.94. The Morgan fingerprint density at radius 1 is 0.903 bits per heavy atom. The fraction of sp³-hybridized carbons (Fsp3) is 0.200. The number of benzene rings is 3. The van der Waals surface area contributed by atoms with Crippen LogP contribution in [0.3, 0.4) is 0 Å². The van der Waals surface area contributed by atoms with E-state index in [1.807, 2.05) is 30.3 Å². The van der Waals surface area contributed by atoms with Crippen molar-refractivity contribution in [2.45, 2.75) is 25.4 Å². The average Bonchev–Trinajstić information content (AvgIpc) is 2.79. The molecule has 0 fully saturated rings. The summed E-state index contributed by atoms with van der Waals surface area (Å²) in [5.41, 5.74) is 1.36. The minimum Gasteiger partial charge on any atom is -0.485 e. The summed E-state index contributed by atoms with van der Waals surface area (Å²) in [6.07, 6.45) is 0.597. The number of para-hydroxylation sites is 1. The van der Waals surface area contributed by atoms with Gasteiger partial charge in [0, 0.05) is 0 Å². The molecule has 0 heterocycles. The average molecular weight is 422 g/mol. The van der Waals surface area contributed by atoms with Gasteiger partial charge >= 0.3 is 5.97 Å². The Labute approximate surface area is 180 Å². The summed E-state index contributed by atoms with van der Waals surface area (Å²) in [5.74, 6) is -1.30. The van der Waals surface area contributed by atoms with Crippen LogP contribution in [0.25, 0.3) is 0 Å². The maximum atomic E-state index is 13.0. The van der Waals surface area contributed by atoms with Gasteiger partial charge < -0.3 is 14.6 Å². The lowest BCUT2D eigenvalue weighted by molar-refractivity contribution is -0.145. The van der Waals surface area contributed by atoms with Gasteiger partial charge in [-0.05, 0) is 61.2 Å². The first-order valence-electron chi connectivity index (χ1n) is 9.97. The number of carbonyl (C=O) groups is 2. The van der Waals surface area contributed by atoms with Crippen molar-refractivity contribution in [2.75, 3.05) is 6.61 Å². The molecule has 160 valence electrons. The van der Waals surface area contributed by atoms with Gasteiger partial charge in [0.05, 0.1) is 5.56 Å². The smallest absolute Gasteiger partial charge is 0.344 e. The topological polar surface area (TPSA) is 72.8 Å². The van der Waals surface area contributed by atoms with Crippen molar-refractivity contribution in [3.63, 3.8) is 0 Å². The molecule has 3 rings (SSSR count). The van der Waals surface area contributed by atoms with Crippen LogP contribution in [-0.4, -0.2) is 29.6 Å². The number of ether oxygens (including phenoxy) is 2. The number of hydrogen-bond acceptors (Lipinski definition) is 4. The molecule has 1 N–H and O–H groups in total. The van der Waals surface area contributed by atoms with Crippen LogP contribution in [0.5, 0.6) is 11.5 Å². The van der Waals surface area contributed by atoms with Crippen molar-refractivity contribution >= 4 is 11.8 Å². The second-order valence-corrected chi connectivity index (χ2v) is 6.98. The van der Waals surface area contributed by atoms with Crippen LogP contribution in [0.2, 0.25) is 0 Å². The van der Waals surface area contributed by atoms with Crippen molar-refractivity contribution in [3.8, 4) is 11.5 Å². The maximum absolute atomic E-state index is 13.0. The number of aryl methyl sites for hydroxylation is 1. The largest absolute Gasteiger partial charge is 0.485 e. The fourth-order valence-electron chi connectivity index (χ4n) is 3.08. The number of aliphatic carboxylic acids is 1. The van der Waals surface area contributed by atoms with E-state index in [1.54, 1.807) is 24.3 Å².